The van der Waals surface area contributed by atoms with E-state index in [9.17, 15) is 0 Å². The molecule has 19 heavy (non-hydrogen) atoms. The van der Waals surface area contributed by atoms with E-state index in [0.29, 0.717) is 0 Å². The number of ether oxygens (including phenoxy) is 2. The molecule has 1 fully saturated rings. The topological polar surface area (TPSA) is 18.5 Å². The van der Waals surface area contributed by atoms with Gasteiger partial charge < -0.3 is 9.47 Å². The first-order valence-corrected chi connectivity index (χ1v) is 7.85. The Labute approximate surface area is 118 Å². The van der Waals surface area contributed by atoms with E-state index in [1.54, 1.807) is 0 Å². The molecule has 0 N–H and O–H groups in total. The van der Waals surface area contributed by atoms with Gasteiger partial charge in [-0.2, -0.15) is 0 Å². The predicted octanol–water partition coefficient (Wildman–Crippen LogP) is 4.69. The third-order valence-electron chi connectivity index (χ3n) is 5.22. The van der Waals surface area contributed by atoms with Gasteiger partial charge in [0.15, 0.2) is 5.79 Å². The van der Waals surface area contributed by atoms with Crippen molar-refractivity contribution in [2.75, 3.05) is 13.2 Å². The van der Waals surface area contributed by atoms with Crippen LogP contribution in [0.5, 0.6) is 0 Å². The van der Waals surface area contributed by atoms with E-state index in [2.05, 4.69) is 40.7 Å². The van der Waals surface area contributed by atoms with Crippen LogP contribution in [0.2, 0.25) is 0 Å². The maximum Gasteiger partial charge on any atom is 0.187 e. The van der Waals surface area contributed by atoms with Crippen LogP contribution in [-0.2, 0) is 9.47 Å². The quantitative estimate of drug-likeness (QED) is 0.690. The molecule has 0 atom stereocenters. The lowest BCUT2D eigenvalue weighted by Crippen LogP contribution is -2.49. The van der Waals surface area contributed by atoms with E-state index >= 15 is 0 Å². The molecule has 0 spiro atoms. The Morgan fingerprint density at radius 2 is 1.63 bits per heavy atom. The summed E-state index contributed by atoms with van der Waals surface area (Å²) >= 11 is 0. The highest BCUT2D eigenvalue weighted by Crippen LogP contribution is 2.43. The zero-order chi connectivity index (χ0) is 14.1. The molecule has 1 aliphatic heterocycles. The third kappa shape index (κ3) is 3.05. The smallest absolute Gasteiger partial charge is 0.187 e. The maximum atomic E-state index is 6.21. The normalized spacial score (nSPS) is 28.8. The molecule has 0 bridgehead atoms. The monoisotopic (exact) mass is 266 g/mol. The number of rotatable bonds is 3. The standard InChI is InChI=1S/C17H30O2/c1-6-17(7-2)12-18-16(5,19-13-17)14-9-8-10-15(3,4)11-14/h11H,6-10,12-13H2,1-5H3. The van der Waals surface area contributed by atoms with Crippen LogP contribution in [0.25, 0.3) is 0 Å². The van der Waals surface area contributed by atoms with E-state index in [1.807, 2.05) is 0 Å². The van der Waals surface area contributed by atoms with E-state index < -0.39 is 5.79 Å². The molecule has 2 rings (SSSR count). The molecule has 0 saturated carbocycles. The Hall–Kier alpha value is -0.340. The van der Waals surface area contributed by atoms with Gasteiger partial charge in [-0.05, 0) is 50.0 Å². The molecule has 2 nitrogen and oxygen atoms in total. The van der Waals surface area contributed by atoms with E-state index in [1.165, 1.54) is 18.4 Å². The van der Waals surface area contributed by atoms with Crippen LogP contribution in [0.15, 0.2) is 11.6 Å². The summed E-state index contributed by atoms with van der Waals surface area (Å²) in [5.41, 5.74) is 1.86. The Kier molecular flexibility index (Phi) is 4.13. The van der Waals surface area contributed by atoms with Gasteiger partial charge >= 0.3 is 0 Å². The highest BCUT2D eigenvalue weighted by molar-refractivity contribution is 5.19. The molecule has 0 aromatic carbocycles. The van der Waals surface area contributed by atoms with Crippen LogP contribution in [-0.4, -0.2) is 19.0 Å². The molecule has 1 heterocycles. The Morgan fingerprint density at radius 3 is 2.11 bits per heavy atom. The molecular weight excluding hydrogens is 236 g/mol. The van der Waals surface area contributed by atoms with Gasteiger partial charge in [0.25, 0.3) is 0 Å². The molecule has 1 saturated heterocycles. The van der Waals surface area contributed by atoms with Gasteiger partial charge in [-0.15, -0.1) is 0 Å². The fourth-order valence-corrected chi connectivity index (χ4v) is 3.22. The SMILES string of the molecule is CCC1(CC)COC(C)(C2=CC(C)(C)CCC2)OC1. The summed E-state index contributed by atoms with van der Waals surface area (Å²) < 4.78 is 12.4. The van der Waals surface area contributed by atoms with E-state index in [4.69, 9.17) is 9.47 Å². The first-order chi connectivity index (χ1) is 8.85. The van der Waals surface area contributed by atoms with Crippen LogP contribution >= 0.6 is 0 Å². The van der Waals surface area contributed by atoms with Crippen LogP contribution in [0.3, 0.4) is 0 Å². The lowest BCUT2D eigenvalue weighted by molar-refractivity contribution is -0.277. The summed E-state index contributed by atoms with van der Waals surface area (Å²) in [7, 11) is 0. The number of hydrogen-bond donors (Lipinski definition) is 0. The van der Waals surface area contributed by atoms with Crippen molar-refractivity contribution in [1.82, 2.24) is 0 Å². The van der Waals surface area contributed by atoms with Crippen LogP contribution in [0, 0.1) is 10.8 Å². The largest absolute Gasteiger partial charge is 0.346 e. The molecule has 1 aliphatic carbocycles. The summed E-state index contributed by atoms with van der Waals surface area (Å²) in [5.74, 6) is -0.481. The molecule has 0 aromatic heterocycles. The lowest BCUT2D eigenvalue weighted by Gasteiger charge is -2.46. The van der Waals surface area contributed by atoms with Gasteiger partial charge in [0.1, 0.15) is 0 Å². The molecule has 2 aliphatic rings. The molecule has 0 aromatic rings. The lowest BCUT2D eigenvalue weighted by atomic mass is 9.77. The Bertz CT molecular complexity index is 340. The fourth-order valence-electron chi connectivity index (χ4n) is 3.22. The van der Waals surface area contributed by atoms with Crippen LogP contribution in [0.4, 0.5) is 0 Å². The van der Waals surface area contributed by atoms with E-state index in [-0.39, 0.29) is 10.8 Å². The summed E-state index contributed by atoms with van der Waals surface area (Å²) in [6.07, 6.45) is 8.27. The second-order valence-electron chi connectivity index (χ2n) is 7.24. The zero-order valence-corrected chi connectivity index (χ0v) is 13.3. The molecular formula is C17H30O2. The molecule has 110 valence electrons. The average molecular weight is 266 g/mol. The van der Waals surface area contributed by atoms with Crippen molar-refractivity contribution < 1.29 is 9.47 Å². The highest BCUT2D eigenvalue weighted by atomic mass is 16.7. The molecule has 2 heteroatoms. The molecule has 0 unspecified atom stereocenters. The van der Waals surface area contributed by atoms with Gasteiger partial charge in [-0.25, -0.2) is 0 Å². The van der Waals surface area contributed by atoms with Crippen LogP contribution < -0.4 is 0 Å². The fraction of sp³-hybridized carbons (Fsp3) is 0.882. The highest BCUT2D eigenvalue weighted by Gasteiger charge is 2.43. The van der Waals surface area contributed by atoms with Crippen LogP contribution in [0.1, 0.15) is 66.7 Å². The minimum Gasteiger partial charge on any atom is -0.346 e. The van der Waals surface area contributed by atoms with Crippen molar-refractivity contribution >= 4 is 0 Å². The summed E-state index contributed by atoms with van der Waals surface area (Å²) in [6, 6.07) is 0. The number of hydrogen-bond acceptors (Lipinski definition) is 2. The second kappa shape index (κ2) is 5.21. The van der Waals surface area contributed by atoms with Crippen molar-refractivity contribution in [3.05, 3.63) is 11.6 Å². The molecule has 0 radical (unpaired) electrons. The number of allylic oxidation sites excluding steroid dienone is 1. The Balaban J connectivity index is 2.12. The van der Waals surface area contributed by atoms with Gasteiger partial charge in [0.2, 0.25) is 0 Å². The predicted molar refractivity (Wildman–Crippen MR) is 79.0 cm³/mol. The summed E-state index contributed by atoms with van der Waals surface area (Å²) in [4.78, 5) is 0. The van der Waals surface area contributed by atoms with E-state index in [0.717, 1.165) is 32.5 Å². The van der Waals surface area contributed by atoms with Crippen molar-refractivity contribution in [2.45, 2.75) is 72.5 Å². The minimum atomic E-state index is -0.481. The first-order valence-electron chi connectivity index (χ1n) is 7.85. The van der Waals surface area contributed by atoms with Crippen molar-refractivity contribution in [3.8, 4) is 0 Å². The average Bonchev–Trinajstić information content (AvgIpc) is 2.39. The van der Waals surface area contributed by atoms with Crippen molar-refractivity contribution in [2.24, 2.45) is 10.8 Å². The first kappa shape index (κ1) is 15.1. The minimum absolute atomic E-state index is 0.226. The van der Waals surface area contributed by atoms with Crippen molar-refractivity contribution in [1.29, 1.82) is 0 Å². The van der Waals surface area contributed by atoms with Crippen molar-refractivity contribution in [3.63, 3.8) is 0 Å². The summed E-state index contributed by atoms with van der Waals surface area (Å²) in [6.45, 7) is 12.9. The second-order valence-corrected chi connectivity index (χ2v) is 7.24. The van der Waals surface area contributed by atoms with Gasteiger partial charge in [-0.1, -0.05) is 33.8 Å². The maximum absolute atomic E-state index is 6.21. The molecule has 0 amide bonds. The summed E-state index contributed by atoms with van der Waals surface area (Å²) in [5, 5.41) is 0. The van der Waals surface area contributed by atoms with Gasteiger partial charge in [-0.3, -0.25) is 0 Å². The Morgan fingerprint density at radius 1 is 1.05 bits per heavy atom. The zero-order valence-electron chi connectivity index (χ0n) is 13.3. The van der Waals surface area contributed by atoms with Gasteiger partial charge in [0.05, 0.1) is 13.2 Å². The van der Waals surface area contributed by atoms with Gasteiger partial charge in [0, 0.05) is 5.41 Å². The third-order valence-corrected chi connectivity index (χ3v) is 5.22.